The van der Waals surface area contributed by atoms with Crippen molar-refractivity contribution in [1.29, 1.82) is 5.26 Å². The maximum atomic E-state index is 8.99. The van der Waals surface area contributed by atoms with Crippen molar-refractivity contribution in [3.8, 4) is 17.7 Å². The molecule has 1 aromatic carbocycles. The Morgan fingerprint density at radius 2 is 1.81 bits per heavy atom. The number of nitrogens with zero attached hydrogens (tertiary/aromatic N) is 3. The SMILES string of the molecule is CCc1nc(Cl)c(C)c(Oc2c(C)cc(C#N)cc2C)n1. The average molecular weight is 302 g/mol. The number of hydrogen-bond donors (Lipinski definition) is 0. The van der Waals surface area contributed by atoms with Crippen LogP contribution >= 0.6 is 11.6 Å². The van der Waals surface area contributed by atoms with Gasteiger partial charge in [0.2, 0.25) is 5.88 Å². The number of hydrogen-bond acceptors (Lipinski definition) is 4. The van der Waals surface area contributed by atoms with Gasteiger partial charge in [0.05, 0.1) is 11.6 Å². The van der Waals surface area contributed by atoms with Crippen LogP contribution in [-0.4, -0.2) is 9.97 Å². The van der Waals surface area contributed by atoms with Crippen LogP contribution < -0.4 is 4.74 Å². The fraction of sp³-hybridized carbons (Fsp3) is 0.312. The molecule has 0 bridgehead atoms. The van der Waals surface area contributed by atoms with E-state index in [1.54, 1.807) is 12.1 Å². The second-order valence-corrected chi connectivity index (χ2v) is 5.23. The molecule has 2 aromatic rings. The second kappa shape index (κ2) is 6.11. The molecule has 0 radical (unpaired) electrons. The summed E-state index contributed by atoms with van der Waals surface area (Å²) in [5, 5.41) is 9.39. The van der Waals surface area contributed by atoms with E-state index < -0.39 is 0 Å². The van der Waals surface area contributed by atoms with Crippen LogP contribution in [0.5, 0.6) is 11.6 Å². The van der Waals surface area contributed by atoms with E-state index in [9.17, 15) is 0 Å². The van der Waals surface area contributed by atoms with Gasteiger partial charge in [-0.15, -0.1) is 0 Å². The quantitative estimate of drug-likeness (QED) is 0.794. The van der Waals surface area contributed by atoms with Crippen molar-refractivity contribution >= 4 is 11.6 Å². The molecule has 0 amide bonds. The van der Waals surface area contributed by atoms with Crippen molar-refractivity contribution in [2.75, 3.05) is 0 Å². The Balaban J connectivity index is 2.48. The molecule has 0 unspecified atom stereocenters. The van der Waals surface area contributed by atoms with Gasteiger partial charge in [0.1, 0.15) is 16.7 Å². The fourth-order valence-electron chi connectivity index (χ4n) is 2.04. The van der Waals surface area contributed by atoms with E-state index in [-0.39, 0.29) is 0 Å². The van der Waals surface area contributed by atoms with Crippen LogP contribution in [0.4, 0.5) is 0 Å². The Bertz CT molecular complexity index is 712. The highest BCUT2D eigenvalue weighted by Crippen LogP contribution is 2.32. The van der Waals surface area contributed by atoms with Gasteiger partial charge in [0.25, 0.3) is 0 Å². The van der Waals surface area contributed by atoms with E-state index >= 15 is 0 Å². The summed E-state index contributed by atoms with van der Waals surface area (Å²) in [6.07, 6.45) is 0.682. The predicted octanol–water partition coefficient (Wildman–Crippen LogP) is 4.28. The molecule has 108 valence electrons. The summed E-state index contributed by atoms with van der Waals surface area (Å²) in [4.78, 5) is 8.59. The van der Waals surface area contributed by atoms with Crippen molar-refractivity contribution in [2.24, 2.45) is 0 Å². The van der Waals surface area contributed by atoms with Crippen molar-refractivity contribution in [3.63, 3.8) is 0 Å². The maximum absolute atomic E-state index is 8.99. The minimum Gasteiger partial charge on any atom is -0.438 e. The first-order valence-electron chi connectivity index (χ1n) is 6.68. The topological polar surface area (TPSA) is 58.8 Å². The zero-order valence-corrected chi connectivity index (χ0v) is 13.2. The molecule has 0 atom stereocenters. The van der Waals surface area contributed by atoms with Crippen LogP contribution in [0, 0.1) is 32.1 Å². The third-order valence-corrected chi connectivity index (χ3v) is 3.56. The van der Waals surface area contributed by atoms with Crippen molar-refractivity contribution in [1.82, 2.24) is 9.97 Å². The molecule has 2 rings (SSSR count). The van der Waals surface area contributed by atoms with Gasteiger partial charge in [-0.25, -0.2) is 4.98 Å². The van der Waals surface area contributed by atoms with Gasteiger partial charge in [-0.1, -0.05) is 18.5 Å². The lowest BCUT2D eigenvalue weighted by atomic mass is 10.1. The molecule has 5 heteroatoms. The molecule has 0 saturated heterocycles. The molecule has 0 spiro atoms. The Morgan fingerprint density at radius 1 is 1.19 bits per heavy atom. The van der Waals surface area contributed by atoms with Gasteiger partial charge < -0.3 is 4.74 Å². The molecule has 0 aliphatic heterocycles. The first kappa shape index (κ1) is 15.3. The van der Waals surface area contributed by atoms with Gasteiger partial charge in [-0.2, -0.15) is 10.2 Å². The fourth-order valence-corrected chi connectivity index (χ4v) is 2.22. The molecular weight excluding hydrogens is 286 g/mol. The zero-order valence-electron chi connectivity index (χ0n) is 12.5. The highest BCUT2D eigenvalue weighted by Gasteiger charge is 2.14. The van der Waals surface area contributed by atoms with Gasteiger partial charge >= 0.3 is 0 Å². The Labute approximate surface area is 129 Å². The molecule has 0 fully saturated rings. The normalized spacial score (nSPS) is 10.3. The van der Waals surface area contributed by atoms with Gasteiger partial charge in [-0.05, 0) is 44.0 Å². The number of aryl methyl sites for hydroxylation is 3. The number of aromatic nitrogens is 2. The van der Waals surface area contributed by atoms with E-state index in [0.717, 1.165) is 11.1 Å². The second-order valence-electron chi connectivity index (χ2n) is 4.87. The van der Waals surface area contributed by atoms with Crippen LogP contribution in [0.1, 0.15) is 35.0 Å². The molecule has 0 N–H and O–H groups in total. The van der Waals surface area contributed by atoms with Crippen LogP contribution in [0.2, 0.25) is 5.15 Å². The smallest absolute Gasteiger partial charge is 0.227 e. The van der Waals surface area contributed by atoms with Gasteiger partial charge in [-0.3, -0.25) is 0 Å². The van der Waals surface area contributed by atoms with Crippen molar-refractivity contribution < 1.29 is 4.74 Å². The third-order valence-electron chi connectivity index (χ3n) is 3.19. The number of ether oxygens (including phenoxy) is 1. The number of rotatable bonds is 3. The molecule has 1 aromatic heterocycles. The van der Waals surface area contributed by atoms with E-state index in [2.05, 4.69) is 16.0 Å². The van der Waals surface area contributed by atoms with E-state index in [4.69, 9.17) is 21.6 Å². The average Bonchev–Trinajstić information content (AvgIpc) is 2.46. The number of nitriles is 1. The molecule has 0 aliphatic rings. The summed E-state index contributed by atoms with van der Waals surface area (Å²) in [6.45, 7) is 7.60. The standard InChI is InChI=1S/C16H16ClN3O/c1-5-13-19-15(17)11(4)16(20-13)21-14-9(2)6-12(8-18)7-10(14)3/h6-7H,5H2,1-4H3. The van der Waals surface area contributed by atoms with Crippen molar-refractivity contribution in [2.45, 2.75) is 34.1 Å². The lowest BCUT2D eigenvalue weighted by molar-refractivity contribution is 0.448. The summed E-state index contributed by atoms with van der Waals surface area (Å²) in [7, 11) is 0. The Hall–Kier alpha value is -2.12. The summed E-state index contributed by atoms with van der Waals surface area (Å²) in [5.41, 5.74) is 3.10. The molecule has 4 nitrogen and oxygen atoms in total. The monoisotopic (exact) mass is 301 g/mol. The summed E-state index contributed by atoms with van der Waals surface area (Å²) in [6, 6.07) is 5.72. The molecule has 0 aliphatic carbocycles. The van der Waals surface area contributed by atoms with E-state index in [0.29, 0.717) is 40.2 Å². The highest BCUT2D eigenvalue weighted by molar-refractivity contribution is 6.30. The first-order valence-corrected chi connectivity index (χ1v) is 7.06. The minimum atomic E-state index is 0.404. The Kier molecular flexibility index (Phi) is 4.44. The minimum absolute atomic E-state index is 0.404. The highest BCUT2D eigenvalue weighted by atomic mass is 35.5. The summed E-state index contributed by atoms with van der Waals surface area (Å²) < 4.78 is 5.95. The molecule has 0 saturated carbocycles. The largest absolute Gasteiger partial charge is 0.438 e. The summed E-state index contributed by atoms with van der Waals surface area (Å²) in [5.74, 6) is 1.81. The van der Waals surface area contributed by atoms with Crippen LogP contribution in [0.25, 0.3) is 0 Å². The predicted molar refractivity (Wildman–Crippen MR) is 81.9 cm³/mol. The van der Waals surface area contributed by atoms with Crippen LogP contribution in [0.3, 0.4) is 0 Å². The van der Waals surface area contributed by atoms with Crippen molar-refractivity contribution in [3.05, 3.63) is 45.4 Å². The number of benzene rings is 1. The van der Waals surface area contributed by atoms with E-state index in [1.807, 2.05) is 27.7 Å². The van der Waals surface area contributed by atoms with Crippen LogP contribution in [0.15, 0.2) is 12.1 Å². The third kappa shape index (κ3) is 3.14. The lowest BCUT2D eigenvalue weighted by Gasteiger charge is -2.14. The zero-order chi connectivity index (χ0) is 15.6. The maximum Gasteiger partial charge on any atom is 0.227 e. The first-order chi connectivity index (χ1) is 9.96. The van der Waals surface area contributed by atoms with Gasteiger partial charge in [0.15, 0.2) is 0 Å². The molecule has 1 heterocycles. The van der Waals surface area contributed by atoms with E-state index in [1.165, 1.54) is 0 Å². The number of halogens is 1. The summed E-state index contributed by atoms with van der Waals surface area (Å²) >= 11 is 6.12. The van der Waals surface area contributed by atoms with Gasteiger partial charge in [0, 0.05) is 12.0 Å². The molecule has 21 heavy (non-hydrogen) atoms. The lowest BCUT2D eigenvalue weighted by Crippen LogP contribution is -2.02. The van der Waals surface area contributed by atoms with Crippen LogP contribution in [-0.2, 0) is 6.42 Å². The Morgan fingerprint density at radius 3 is 2.33 bits per heavy atom. The molecular formula is C16H16ClN3O.